The van der Waals surface area contributed by atoms with Gasteiger partial charge in [-0.1, -0.05) is 25.0 Å². The highest BCUT2D eigenvalue weighted by Gasteiger charge is 2.25. The van der Waals surface area contributed by atoms with Crippen LogP contribution in [0.15, 0.2) is 28.0 Å². The lowest BCUT2D eigenvalue weighted by Crippen LogP contribution is -2.29. The molecule has 0 saturated carbocycles. The zero-order chi connectivity index (χ0) is 15.9. The fourth-order valence-electron chi connectivity index (χ4n) is 2.78. The highest BCUT2D eigenvalue weighted by Crippen LogP contribution is 2.42. The first-order valence-electron chi connectivity index (χ1n) is 7.81. The van der Waals surface area contributed by atoms with Crippen LogP contribution in [0.3, 0.4) is 0 Å². The topological polar surface area (TPSA) is 44.7 Å². The molecule has 5 heteroatoms. The van der Waals surface area contributed by atoms with Crippen molar-refractivity contribution in [1.82, 2.24) is 5.32 Å². The van der Waals surface area contributed by atoms with Crippen molar-refractivity contribution in [2.24, 2.45) is 0 Å². The van der Waals surface area contributed by atoms with Gasteiger partial charge in [-0.3, -0.25) is 0 Å². The van der Waals surface area contributed by atoms with Crippen LogP contribution in [-0.4, -0.2) is 32.4 Å². The molecule has 4 nitrogen and oxygen atoms in total. The van der Waals surface area contributed by atoms with E-state index in [4.69, 9.17) is 9.84 Å². The predicted molar refractivity (Wildman–Crippen MR) is 99.8 cm³/mol. The summed E-state index contributed by atoms with van der Waals surface area (Å²) in [7, 11) is 3.79. The molecule has 0 amide bonds. The van der Waals surface area contributed by atoms with Crippen LogP contribution in [0.4, 0.5) is 5.69 Å². The Morgan fingerprint density at radius 2 is 2.05 bits per heavy atom. The van der Waals surface area contributed by atoms with Crippen molar-refractivity contribution in [1.29, 1.82) is 0 Å². The number of anilines is 1. The first-order valence-corrected chi connectivity index (χ1v) is 8.89. The van der Waals surface area contributed by atoms with E-state index in [1.165, 1.54) is 9.27 Å². The van der Waals surface area contributed by atoms with Crippen LogP contribution >= 0.6 is 22.6 Å². The third-order valence-corrected chi connectivity index (χ3v) is 5.08. The van der Waals surface area contributed by atoms with E-state index in [-0.39, 0.29) is 6.04 Å². The fraction of sp³-hybridized carbons (Fsp3) is 0.529. The summed E-state index contributed by atoms with van der Waals surface area (Å²) in [4.78, 5) is 2.17. The molecule has 1 unspecified atom stereocenters. The Hall–Kier alpha value is -0.790. The Morgan fingerprint density at radius 1 is 1.27 bits per heavy atom. The molecule has 2 N–H and O–H groups in total. The van der Waals surface area contributed by atoms with Gasteiger partial charge in [-0.15, -0.1) is 0 Å². The molecule has 1 atom stereocenters. The van der Waals surface area contributed by atoms with Crippen LogP contribution in [0.1, 0.15) is 37.3 Å². The summed E-state index contributed by atoms with van der Waals surface area (Å²) in [5.41, 5.74) is 2.41. The number of rotatable bonds is 8. The van der Waals surface area contributed by atoms with E-state index < -0.39 is 0 Å². The molecule has 0 radical (unpaired) electrons. The number of ether oxygens (including phenoxy) is 1. The number of hydrogen-bond acceptors (Lipinski definition) is 4. The number of nitrogens with one attached hydrogen (secondary N) is 1. The van der Waals surface area contributed by atoms with Crippen LogP contribution in [0.2, 0.25) is 0 Å². The first kappa shape index (κ1) is 17.6. The Bertz CT molecular complexity index is 519. The van der Waals surface area contributed by atoms with Crippen molar-refractivity contribution in [3.05, 3.63) is 33.5 Å². The number of fused-ring (bicyclic) bond motifs is 1. The standard InChI is InChI=1S/C17H25IN2O2/c1-20-16(18)12-14(19-10-5-3-4-6-11-21)13-8-7-9-15(22-2)17(13)20/h7-9,12,14,19,21H,3-6,10-11H2,1-2H3. The second-order valence-corrected chi connectivity index (χ2v) is 6.62. The van der Waals surface area contributed by atoms with Gasteiger partial charge in [0.1, 0.15) is 5.75 Å². The summed E-state index contributed by atoms with van der Waals surface area (Å²) in [6.07, 6.45) is 6.56. The lowest BCUT2D eigenvalue weighted by molar-refractivity contribution is 0.282. The summed E-state index contributed by atoms with van der Waals surface area (Å²) in [6.45, 7) is 1.29. The number of halogens is 1. The highest BCUT2D eigenvalue weighted by atomic mass is 127. The third-order valence-electron chi connectivity index (χ3n) is 3.99. The lowest BCUT2D eigenvalue weighted by Gasteiger charge is -2.32. The Kier molecular flexibility index (Phi) is 6.98. The van der Waals surface area contributed by atoms with Crippen LogP contribution in [0.5, 0.6) is 5.75 Å². The van der Waals surface area contributed by atoms with Gasteiger partial charge in [0.2, 0.25) is 0 Å². The maximum atomic E-state index is 8.80. The molecule has 22 heavy (non-hydrogen) atoms. The van der Waals surface area contributed by atoms with Gasteiger partial charge in [0.05, 0.1) is 22.5 Å². The Balaban J connectivity index is 2.03. The van der Waals surface area contributed by atoms with E-state index in [9.17, 15) is 0 Å². The first-order chi connectivity index (χ1) is 10.7. The van der Waals surface area contributed by atoms with E-state index in [1.54, 1.807) is 7.11 Å². The number of nitrogens with zero attached hydrogens (tertiary/aromatic N) is 1. The minimum atomic E-state index is 0.228. The lowest BCUT2D eigenvalue weighted by atomic mass is 10.00. The van der Waals surface area contributed by atoms with Gasteiger partial charge >= 0.3 is 0 Å². The monoisotopic (exact) mass is 416 g/mol. The summed E-state index contributed by atoms with van der Waals surface area (Å²) < 4.78 is 6.73. The van der Waals surface area contributed by atoms with Gasteiger partial charge in [0.15, 0.2) is 0 Å². The quantitative estimate of drug-likeness (QED) is 0.386. The van der Waals surface area contributed by atoms with Crippen LogP contribution in [0, 0.1) is 0 Å². The van der Waals surface area contributed by atoms with Crippen molar-refractivity contribution in [2.45, 2.75) is 31.7 Å². The van der Waals surface area contributed by atoms with E-state index >= 15 is 0 Å². The minimum Gasteiger partial charge on any atom is -0.495 e. The molecule has 1 aromatic carbocycles. The summed E-state index contributed by atoms with van der Waals surface area (Å²) in [6, 6.07) is 6.45. The van der Waals surface area contributed by atoms with Crippen LogP contribution in [-0.2, 0) is 0 Å². The summed E-state index contributed by atoms with van der Waals surface area (Å²) in [5, 5.41) is 12.4. The average molecular weight is 416 g/mol. The number of unbranched alkanes of at least 4 members (excludes halogenated alkanes) is 3. The van der Waals surface area contributed by atoms with Crippen molar-refractivity contribution in [3.8, 4) is 5.75 Å². The molecule has 0 aliphatic carbocycles. The second kappa shape index (κ2) is 8.74. The van der Waals surface area contributed by atoms with E-state index in [0.29, 0.717) is 6.61 Å². The van der Waals surface area contributed by atoms with E-state index in [0.717, 1.165) is 43.7 Å². The van der Waals surface area contributed by atoms with Crippen molar-refractivity contribution in [2.75, 3.05) is 32.2 Å². The van der Waals surface area contributed by atoms with Gasteiger partial charge in [-0.05, 0) is 54.1 Å². The molecule has 0 fully saturated rings. The van der Waals surface area contributed by atoms with Gasteiger partial charge in [0.25, 0.3) is 0 Å². The van der Waals surface area contributed by atoms with E-state index in [1.807, 2.05) is 12.1 Å². The highest BCUT2D eigenvalue weighted by molar-refractivity contribution is 14.1. The molecule has 1 aliphatic rings. The molecular weight excluding hydrogens is 391 g/mol. The molecule has 0 spiro atoms. The molecule has 1 heterocycles. The number of aliphatic hydroxyl groups excluding tert-OH is 1. The SMILES string of the molecule is COc1cccc2c1N(C)C(I)=CC2NCCCCCCO. The van der Waals surface area contributed by atoms with Gasteiger partial charge in [-0.25, -0.2) is 0 Å². The molecule has 122 valence electrons. The van der Waals surface area contributed by atoms with Gasteiger partial charge in [0, 0.05) is 19.2 Å². The number of benzene rings is 1. The van der Waals surface area contributed by atoms with Crippen molar-refractivity contribution < 1.29 is 9.84 Å². The van der Waals surface area contributed by atoms with Crippen LogP contribution < -0.4 is 15.0 Å². The molecule has 2 rings (SSSR count). The second-order valence-electron chi connectivity index (χ2n) is 5.52. The number of methoxy groups -OCH3 is 1. The fourth-order valence-corrected chi connectivity index (χ4v) is 3.38. The third kappa shape index (κ3) is 4.14. The number of hydrogen-bond donors (Lipinski definition) is 2. The molecule has 0 saturated heterocycles. The Labute approximate surface area is 146 Å². The zero-order valence-corrected chi connectivity index (χ0v) is 15.5. The predicted octanol–water partition coefficient (Wildman–Crippen LogP) is 3.60. The summed E-state index contributed by atoms with van der Waals surface area (Å²) in [5.74, 6) is 0.914. The number of para-hydroxylation sites is 1. The zero-order valence-electron chi connectivity index (χ0n) is 13.3. The maximum absolute atomic E-state index is 8.80. The smallest absolute Gasteiger partial charge is 0.142 e. The molecular formula is C17H25IN2O2. The van der Waals surface area contributed by atoms with Crippen LogP contribution in [0.25, 0.3) is 0 Å². The van der Waals surface area contributed by atoms with E-state index in [2.05, 4.69) is 52.0 Å². The van der Waals surface area contributed by atoms with Crippen molar-refractivity contribution in [3.63, 3.8) is 0 Å². The average Bonchev–Trinajstić information content (AvgIpc) is 2.54. The largest absolute Gasteiger partial charge is 0.495 e. The maximum Gasteiger partial charge on any atom is 0.142 e. The molecule has 0 aromatic heterocycles. The van der Waals surface area contributed by atoms with Gasteiger partial charge < -0.3 is 20.1 Å². The molecule has 0 bridgehead atoms. The number of aliphatic hydroxyl groups is 1. The Morgan fingerprint density at radius 3 is 2.77 bits per heavy atom. The molecule has 1 aromatic rings. The van der Waals surface area contributed by atoms with Gasteiger partial charge in [-0.2, -0.15) is 0 Å². The van der Waals surface area contributed by atoms with Crippen molar-refractivity contribution >= 4 is 28.3 Å². The summed E-state index contributed by atoms with van der Waals surface area (Å²) >= 11 is 2.37. The normalized spacial score (nSPS) is 17.2. The molecule has 1 aliphatic heterocycles. The minimum absolute atomic E-state index is 0.228.